The molecule has 0 saturated carbocycles. The van der Waals surface area contributed by atoms with E-state index >= 15 is 0 Å². The number of rotatable bonds is 2. The van der Waals surface area contributed by atoms with Gasteiger partial charge in [-0.3, -0.25) is 4.79 Å². The number of nitrogens with zero attached hydrogens (tertiary/aromatic N) is 2. The fraction of sp³-hybridized carbons (Fsp3) is 0.545. The van der Waals surface area contributed by atoms with Crippen molar-refractivity contribution in [3.63, 3.8) is 0 Å². The van der Waals surface area contributed by atoms with Crippen LogP contribution in [0.2, 0.25) is 0 Å². The van der Waals surface area contributed by atoms with Crippen molar-refractivity contribution in [1.82, 2.24) is 9.88 Å². The Bertz CT molecular complexity index is 529. The number of hydrogen-bond acceptors (Lipinski definition) is 4. The van der Waals surface area contributed by atoms with Gasteiger partial charge in [-0.05, 0) is 12.8 Å². The third-order valence-electron chi connectivity index (χ3n) is 3.03. The summed E-state index contributed by atoms with van der Waals surface area (Å²) in [5.74, 6) is -3.31. The molecule has 1 aliphatic rings. The summed E-state index contributed by atoms with van der Waals surface area (Å²) in [5.41, 5.74) is 0. The molecule has 110 valence electrons. The summed E-state index contributed by atoms with van der Waals surface area (Å²) in [6, 6.07) is 0. The monoisotopic (exact) mass is 308 g/mol. The van der Waals surface area contributed by atoms with E-state index in [1.165, 1.54) is 6.20 Å². The van der Waals surface area contributed by atoms with Gasteiger partial charge in [0.25, 0.3) is 0 Å². The lowest BCUT2D eigenvalue weighted by Gasteiger charge is -2.32. The summed E-state index contributed by atoms with van der Waals surface area (Å²) in [7, 11) is 0. The maximum Gasteiger partial charge on any atom is 0.471 e. The number of halogens is 3. The smallest absolute Gasteiger partial charge is 0.471 e. The minimum atomic E-state index is -4.88. The van der Waals surface area contributed by atoms with E-state index in [1.54, 1.807) is 0 Å². The lowest BCUT2D eigenvalue weighted by Crippen LogP contribution is -2.45. The third kappa shape index (κ3) is 3.09. The maximum absolute atomic E-state index is 12.4. The highest BCUT2D eigenvalue weighted by Gasteiger charge is 2.44. The van der Waals surface area contributed by atoms with Gasteiger partial charge in [0.05, 0.1) is 11.2 Å². The van der Waals surface area contributed by atoms with Gasteiger partial charge in [0, 0.05) is 19.0 Å². The summed E-state index contributed by atoms with van der Waals surface area (Å²) >= 11 is 0.939. The molecule has 1 fully saturated rings. The van der Waals surface area contributed by atoms with E-state index in [0.717, 1.165) is 16.2 Å². The number of carboxylic acids is 1. The number of hydrogen-bond donors (Lipinski definition) is 1. The number of thiazole rings is 1. The van der Waals surface area contributed by atoms with Crippen LogP contribution in [0.15, 0.2) is 6.20 Å². The Morgan fingerprint density at radius 3 is 2.70 bits per heavy atom. The standard InChI is InChI=1S/C11H11F3N2O3S/c12-11(13,14)10(19)16-3-1-2-6(5-16)8-15-4-7(20-8)9(17)18/h4,6H,1-3,5H2,(H,17,18). The van der Waals surface area contributed by atoms with Gasteiger partial charge < -0.3 is 10.0 Å². The van der Waals surface area contributed by atoms with E-state index in [4.69, 9.17) is 5.11 Å². The van der Waals surface area contributed by atoms with Gasteiger partial charge in [-0.25, -0.2) is 9.78 Å². The predicted molar refractivity (Wildman–Crippen MR) is 63.7 cm³/mol. The van der Waals surface area contributed by atoms with Gasteiger partial charge in [-0.1, -0.05) is 0 Å². The predicted octanol–water partition coefficient (Wildman–Crippen LogP) is 2.11. The largest absolute Gasteiger partial charge is 0.477 e. The molecule has 0 bridgehead atoms. The number of alkyl halides is 3. The van der Waals surface area contributed by atoms with Crippen LogP contribution in [-0.4, -0.2) is 46.1 Å². The van der Waals surface area contributed by atoms with Gasteiger partial charge in [0.1, 0.15) is 4.88 Å². The lowest BCUT2D eigenvalue weighted by molar-refractivity contribution is -0.186. The molecule has 1 aromatic rings. The molecule has 0 spiro atoms. The second-order valence-corrected chi connectivity index (χ2v) is 5.52. The first kappa shape index (κ1) is 14.8. The first-order chi connectivity index (χ1) is 9.29. The van der Waals surface area contributed by atoms with Crippen LogP contribution in [0, 0.1) is 0 Å². The molecule has 20 heavy (non-hydrogen) atoms. The zero-order valence-electron chi connectivity index (χ0n) is 10.2. The molecule has 0 aromatic carbocycles. The van der Waals surface area contributed by atoms with Crippen LogP contribution < -0.4 is 0 Å². The van der Waals surface area contributed by atoms with Crippen LogP contribution in [0.1, 0.15) is 33.4 Å². The fourth-order valence-corrected chi connectivity index (χ4v) is 3.00. The van der Waals surface area contributed by atoms with Crippen LogP contribution in [0.25, 0.3) is 0 Å². The highest BCUT2D eigenvalue weighted by Crippen LogP contribution is 2.31. The van der Waals surface area contributed by atoms with Crippen molar-refractivity contribution in [3.05, 3.63) is 16.1 Å². The molecular weight excluding hydrogens is 297 g/mol. The Hall–Kier alpha value is -1.64. The van der Waals surface area contributed by atoms with Crippen molar-refractivity contribution in [2.24, 2.45) is 0 Å². The molecule has 1 saturated heterocycles. The number of amides is 1. The average Bonchev–Trinajstić information content (AvgIpc) is 2.86. The van der Waals surface area contributed by atoms with Gasteiger partial charge >= 0.3 is 18.1 Å². The molecule has 2 rings (SSSR count). The van der Waals surface area contributed by atoms with E-state index in [0.29, 0.717) is 17.8 Å². The quantitative estimate of drug-likeness (QED) is 0.908. The maximum atomic E-state index is 12.4. The highest BCUT2D eigenvalue weighted by atomic mass is 32.1. The van der Waals surface area contributed by atoms with Gasteiger partial charge in [-0.15, -0.1) is 11.3 Å². The molecule has 2 heterocycles. The molecular formula is C11H11F3N2O3S. The molecule has 1 aliphatic heterocycles. The van der Waals surface area contributed by atoms with Crippen LogP contribution in [0.3, 0.4) is 0 Å². The second kappa shape index (κ2) is 5.39. The summed E-state index contributed by atoms with van der Waals surface area (Å²) in [4.78, 5) is 26.7. The van der Waals surface area contributed by atoms with Crippen molar-refractivity contribution in [3.8, 4) is 0 Å². The van der Waals surface area contributed by atoms with Crippen molar-refractivity contribution in [2.45, 2.75) is 24.9 Å². The Labute approximate surface area is 116 Å². The summed E-state index contributed by atoms with van der Waals surface area (Å²) in [5, 5.41) is 9.26. The normalized spacial score (nSPS) is 19.9. The number of carboxylic acid groups (broad SMARTS) is 1. The molecule has 1 amide bonds. The summed E-state index contributed by atoms with van der Waals surface area (Å²) < 4.78 is 37.2. The average molecular weight is 308 g/mol. The highest BCUT2D eigenvalue weighted by molar-refractivity contribution is 7.13. The zero-order chi connectivity index (χ0) is 14.9. The first-order valence-electron chi connectivity index (χ1n) is 5.84. The SMILES string of the molecule is O=C(O)c1cnc(C2CCCN(C(=O)C(F)(F)F)C2)s1. The van der Waals surface area contributed by atoms with Crippen LogP contribution in [-0.2, 0) is 4.79 Å². The molecule has 0 radical (unpaired) electrons. The number of piperidine rings is 1. The molecule has 5 nitrogen and oxygen atoms in total. The summed E-state index contributed by atoms with van der Waals surface area (Å²) in [6.45, 7) is -0.0169. The van der Waals surface area contributed by atoms with Crippen molar-refractivity contribution < 1.29 is 27.9 Å². The van der Waals surface area contributed by atoms with E-state index in [2.05, 4.69) is 4.98 Å². The van der Waals surface area contributed by atoms with E-state index in [1.807, 2.05) is 0 Å². The van der Waals surface area contributed by atoms with Crippen molar-refractivity contribution in [2.75, 3.05) is 13.1 Å². The van der Waals surface area contributed by atoms with E-state index in [-0.39, 0.29) is 23.9 Å². The van der Waals surface area contributed by atoms with E-state index in [9.17, 15) is 22.8 Å². The van der Waals surface area contributed by atoms with Crippen LogP contribution >= 0.6 is 11.3 Å². The number of aromatic carboxylic acids is 1. The zero-order valence-corrected chi connectivity index (χ0v) is 11.0. The minimum absolute atomic E-state index is 0.0410. The molecule has 9 heteroatoms. The molecule has 1 atom stereocenters. The minimum Gasteiger partial charge on any atom is -0.477 e. The van der Waals surface area contributed by atoms with Gasteiger partial charge in [0.2, 0.25) is 0 Å². The van der Waals surface area contributed by atoms with E-state index < -0.39 is 18.1 Å². The third-order valence-corrected chi connectivity index (χ3v) is 4.18. The Kier molecular flexibility index (Phi) is 3.98. The summed E-state index contributed by atoms with van der Waals surface area (Å²) in [6.07, 6.45) is -2.66. The molecule has 1 unspecified atom stereocenters. The van der Waals surface area contributed by atoms with Gasteiger partial charge in [0.15, 0.2) is 0 Å². The van der Waals surface area contributed by atoms with Gasteiger partial charge in [-0.2, -0.15) is 13.2 Å². The number of carbonyl (C=O) groups is 2. The number of carbonyl (C=O) groups excluding carboxylic acids is 1. The first-order valence-corrected chi connectivity index (χ1v) is 6.66. The second-order valence-electron chi connectivity index (χ2n) is 4.46. The topological polar surface area (TPSA) is 70.5 Å². The van der Waals surface area contributed by atoms with Crippen LogP contribution in [0.4, 0.5) is 13.2 Å². The number of aromatic nitrogens is 1. The van der Waals surface area contributed by atoms with Crippen molar-refractivity contribution >= 4 is 23.2 Å². The molecule has 1 aromatic heterocycles. The van der Waals surface area contributed by atoms with Crippen molar-refractivity contribution in [1.29, 1.82) is 0 Å². The Morgan fingerprint density at radius 1 is 1.45 bits per heavy atom. The molecule has 0 aliphatic carbocycles. The Morgan fingerprint density at radius 2 is 2.15 bits per heavy atom. The number of likely N-dealkylation sites (tertiary alicyclic amines) is 1. The lowest BCUT2D eigenvalue weighted by atomic mass is 9.98. The molecule has 1 N–H and O–H groups in total. The van der Waals surface area contributed by atoms with Crippen LogP contribution in [0.5, 0.6) is 0 Å². The fourth-order valence-electron chi connectivity index (χ4n) is 2.12. The Balaban J connectivity index is 2.10.